The van der Waals surface area contributed by atoms with Crippen LogP contribution in [-0.2, 0) is 9.05 Å². The van der Waals surface area contributed by atoms with Crippen molar-refractivity contribution in [1.82, 2.24) is 0 Å². The first-order valence-electron chi connectivity index (χ1n) is 5.18. The summed E-state index contributed by atoms with van der Waals surface area (Å²) in [5.41, 5.74) is 2.72. The normalized spacial score (nSPS) is 11.5. The molecular formula is C13H10Cl2O2S. The molecule has 0 spiro atoms. The van der Waals surface area contributed by atoms with E-state index in [0.29, 0.717) is 5.02 Å². The third kappa shape index (κ3) is 3.05. The summed E-state index contributed by atoms with van der Waals surface area (Å²) in [4.78, 5) is 0.00757. The zero-order valence-electron chi connectivity index (χ0n) is 9.52. The second kappa shape index (κ2) is 4.92. The summed E-state index contributed by atoms with van der Waals surface area (Å²) >= 11 is 5.92. The smallest absolute Gasteiger partial charge is 0.207 e. The zero-order valence-corrected chi connectivity index (χ0v) is 11.9. The number of rotatable bonds is 2. The van der Waals surface area contributed by atoms with Crippen molar-refractivity contribution in [3.8, 4) is 11.1 Å². The van der Waals surface area contributed by atoms with Crippen molar-refractivity contribution >= 4 is 31.3 Å². The van der Waals surface area contributed by atoms with Crippen molar-refractivity contribution < 1.29 is 8.42 Å². The summed E-state index contributed by atoms with van der Waals surface area (Å²) < 4.78 is 22.7. The van der Waals surface area contributed by atoms with Gasteiger partial charge in [0, 0.05) is 15.7 Å². The van der Waals surface area contributed by atoms with E-state index < -0.39 is 9.05 Å². The molecule has 0 radical (unpaired) electrons. The first-order chi connectivity index (χ1) is 8.36. The van der Waals surface area contributed by atoms with Crippen LogP contribution in [0.15, 0.2) is 47.4 Å². The second-order valence-electron chi connectivity index (χ2n) is 3.98. The fourth-order valence-corrected chi connectivity index (χ4v) is 2.80. The van der Waals surface area contributed by atoms with Gasteiger partial charge in [0.2, 0.25) is 0 Å². The van der Waals surface area contributed by atoms with Crippen LogP contribution in [0.2, 0.25) is 5.02 Å². The monoisotopic (exact) mass is 300 g/mol. The Labute approximate surface area is 116 Å². The van der Waals surface area contributed by atoms with E-state index in [0.717, 1.165) is 16.7 Å². The molecule has 0 aliphatic heterocycles. The lowest BCUT2D eigenvalue weighted by Crippen LogP contribution is -1.91. The maximum atomic E-state index is 11.3. The molecule has 5 heteroatoms. The zero-order chi connectivity index (χ0) is 13.3. The van der Waals surface area contributed by atoms with E-state index in [-0.39, 0.29) is 4.90 Å². The molecule has 18 heavy (non-hydrogen) atoms. The van der Waals surface area contributed by atoms with Crippen LogP contribution >= 0.6 is 22.3 Å². The van der Waals surface area contributed by atoms with E-state index in [1.54, 1.807) is 6.07 Å². The Hall–Kier alpha value is -1.03. The van der Waals surface area contributed by atoms with Gasteiger partial charge in [-0.15, -0.1) is 0 Å². The van der Waals surface area contributed by atoms with Crippen LogP contribution < -0.4 is 0 Å². The van der Waals surface area contributed by atoms with Gasteiger partial charge in [-0.2, -0.15) is 0 Å². The van der Waals surface area contributed by atoms with E-state index in [1.807, 2.05) is 31.2 Å². The van der Waals surface area contributed by atoms with Crippen LogP contribution in [-0.4, -0.2) is 8.42 Å². The Morgan fingerprint density at radius 2 is 1.72 bits per heavy atom. The minimum Gasteiger partial charge on any atom is -0.207 e. The summed E-state index contributed by atoms with van der Waals surface area (Å²) in [5.74, 6) is 0. The molecule has 2 rings (SSSR count). The third-order valence-corrected chi connectivity index (χ3v) is 4.06. The molecule has 94 valence electrons. The largest absolute Gasteiger partial charge is 0.261 e. The molecule has 2 nitrogen and oxygen atoms in total. The van der Waals surface area contributed by atoms with Crippen molar-refractivity contribution in [2.24, 2.45) is 0 Å². The highest BCUT2D eigenvalue weighted by atomic mass is 35.7. The highest BCUT2D eigenvalue weighted by Crippen LogP contribution is 2.28. The predicted octanol–water partition coefficient (Wildman–Crippen LogP) is 4.24. The minimum atomic E-state index is -3.78. The molecule has 2 aromatic rings. The van der Waals surface area contributed by atoms with Gasteiger partial charge in [-0.05, 0) is 36.2 Å². The van der Waals surface area contributed by atoms with Crippen LogP contribution in [0.1, 0.15) is 5.56 Å². The summed E-state index contributed by atoms with van der Waals surface area (Å²) in [6.45, 7) is 1.97. The van der Waals surface area contributed by atoms with Gasteiger partial charge in [0.1, 0.15) is 0 Å². The molecule has 0 atom stereocenters. The van der Waals surface area contributed by atoms with E-state index in [1.165, 1.54) is 12.1 Å². The van der Waals surface area contributed by atoms with Gasteiger partial charge in [-0.3, -0.25) is 0 Å². The lowest BCUT2D eigenvalue weighted by Gasteiger charge is -2.06. The lowest BCUT2D eigenvalue weighted by molar-refractivity contribution is 0.609. The quantitative estimate of drug-likeness (QED) is 0.777. The van der Waals surface area contributed by atoms with E-state index in [9.17, 15) is 8.42 Å². The van der Waals surface area contributed by atoms with Gasteiger partial charge in [0.15, 0.2) is 0 Å². The summed E-state index contributed by atoms with van der Waals surface area (Å²) in [6, 6.07) is 12.3. The standard InChI is InChI=1S/C13H10Cl2O2S/c1-9-3-2-4-10(5-9)11-6-12(14)8-13(7-11)18(15,16)17/h2-8H,1H3. The van der Waals surface area contributed by atoms with Crippen LogP contribution in [0, 0.1) is 6.92 Å². The first-order valence-corrected chi connectivity index (χ1v) is 7.87. The molecule has 0 aliphatic carbocycles. The van der Waals surface area contributed by atoms with Gasteiger partial charge >= 0.3 is 0 Å². The molecule has 0 aliphatic rings. The molecule has 0 bridgehead atoms. The van der Waals surface area contributed by atoms with Gasteiger partial charge in [0.05, 0.1) is 4.90 Å². The number of aryl methyl sites for hydroxylation is 1. The van der Waals surface area contributed by atoms with Gasteiger partial charge in [-0.25, -0.2) is 8.42 Å². The van der Waals surface area contributed by atoms with Gasteiger partial charge < -0.3 is 0 Å². The van der Waals surface area contributed by atoms with Crippen LogP contribution in [0.25, 0.3) is 11.1 Å². The van der Waals surface area contributed by atoms with Crippen LogP contribution in [0.3, 0.4) is 0 Å². The molecule has 0 saturated carbocycles. The molecule has 0 aromatic heterocycles. The fraction of sp³-hybridized carbons (Fsp3) is 0.0769. The van der Waals surface area contributed by atoms with Crippen LogP contribution in [0.4, 0.5) is 0 Å². The Morgan fingerprint density at radius 1 is 1.00 bits per heavy atom. The number of hydrogen-bond donors (Lipinski definition) is 0. The van der Waals surface area contributed by atoms with E-state index >= 15 is 0 Å². The minimum absolute atomic E-state index is 0.00757. The Balaban J connectivity index is 2.63. The SMILES string of the molecule is Cc1cccc(-c2cc(Cl)cc(S(=O)(=O)Cl)c2)c1. The average Bonchev–Trinajstić information content (AvgIpc) is 2.27. The van der Waals surface area contributed by atoms with E-state index in [4.69, 9.17) is 22.3 Å². The van der Waals surface area contributed by atoms with Gasteiger partial charge in [-0.1, -0.05) is 41.4 Å². The topological polar surface area (TPSA) is 34.1 Å². The summed E-state index contributed by atoms with van der Waals surface area (Å²) in [7, 11) is 1.56. The summed E-state index contributed by atoms with van der Waals surface area (Å²) in [6.07, 6.45) is 0. The van der Waals surface area contributed by atoms with Crippen molar-refractivity contribution in [3.63, 3.8) is 0 Å². The lowest BCUT2D eigenvalue weighted by atomic mass is 10.0. The maximum absolute atomic E-state index is 11.3. The van der Waals surface area contributed by atoms with Gasteiger partial charge in [0.25, 0.3) is 9.05 Å². The molecule has 0 N–H and O–H groups in total. The van der Waals surface area contributed by atoms with Crippen molar-refractivity contribution in [2.45, 2.75) is 11.8 Å². The molecule has 0 heterocycles. The number of halogens is 2. The second-order valence-corrected chi connectivity index (χ2v) is 6.99. The molecular weight excluding hydrogens is 291 g/mol. The maximum Gasteiger partial charge on any atom is 0.261 e. The molecule has 0 saturated heterocycles. The fourth-order valence-electron chi connectivity index (χ4n) is 1.69. The van der Waals surface area contributed by atoms with Crippen molar-refractivity contribution in [2.75, 3.05) is 0 Å². The van der Waals surface area contributed by atoms with Crippen molar-refractivity contribution in [1.29, 1.82) is 0 Å². The molecule has 0 amide bonds. The molecule has 2 aromatic carbocycles. The third-order valence-electron chi connectivity index (χ3n) is 2.50. The Kier molecular flexibility index (Phi) is 3.66. The van der Waals surface area contributed by atoms with E-state index in [2.05, 4.69) is 0 Å². The Bertz CT molecular complexity index is 694. The first kappa shape index (κ1) is 13.4. The predicted molar refractivity (Wildman–Crippen MR) is 74.7 cm³/mol. The summed E-state index contributed by atoms with van der Waals surface area (Å²) in [5, 5.41) is 0.341. The van der Waals surface area contributed by atoms with Crippen LogP contribution in [0.5, 0.6) is 0 Å². The highest BCUT2D eigenvalue weighted by molar-refractivity contribution is 8.13. The van der Waals surface area contributed by atoms with Crippen molar-refractivity contribution in [3.05, 3.63) is 53.1 Å². The Morgan fingerprint density at radius 3 is 2.33 bits per heavy atom. The molecule has 0 fully saturated rings. The number of benzene rings is 2. The highest BCUT2D eigenvalue weighted by Gasteiger charge is 2.12. The molecule has 0 unspecified atom stereocenters. The number of hydrogen-bond acceptors (Lipinski definition) is 2. The average molecular weight is 301 g/mol.